The van der Waals surface area contributed by atoms with Crippen molar-refractivity contribution >= 4 is 0 Å². The van der Waals surface area contributed by atoms with E-state index < -0.39 is 0 Å². The Morgan fingerprint density at radius 2 is 1.52 bits per heavy atom. The molecule has 3 radical (unpaired) electrons. The molecular formula is C20H28MnN2. The monoisotopic (exact) mass is 351 g/mol. The van der Waals surface area contributed by atoms with Crippen LogP contribution in [0.25, 0.3) is 0 Å². The van der Waals surface area contributed by atoms with Gasteiger partial charge in [0, 0.05) is 13.1 Å². The molecule has 0 atom stereocenters. The van der Waals surface area contributed by atoms with Crippen LogP contribution in [0.2, 0.25) is 0 Å². The van der Waals surface area contributed by atoms with E-state index in [0.29, 0.717) is 0 Å². The van der Waals surface area contributed by atoms with Gasteiger partial charge in [-0.05, 0) is 28.2 Å². The summed E-state index contributed by atoms with van der Waals surface area (Å²) in [6, 6.07) is 9.37. The summed E-state index contributed by atoms with van der Waals surface area (Å²) in [4.78, 5) is 4.36. The van der Waals surface area contributed by atoms with Gasteiger partial charge in [-0.15, -0.1) is 24.1 Å². The Balaban J connectivity index is 0. The maximum absolute atomic E-state index is 6.69. The van der Waals surface area contributed by atoms with Gasteiger partial charge in [0.1, 0.15) is 0 Å². The second-order valence-corrected chi connectivity index (χ2v) is 5.56. The summed E-state index contributed by atoms with van der Waals surface area (Å²) < 4.78 is 0. The normalized spacial score (nSPS) is 12.3. The van der Waals surface area contributed by atoms with E-state index in [1.807, 2.05) is 42.8 Å². The van der Waals surface area contributed by atoms with Crippen LogP contribution in [-0.2, 0) is 17.1 Å². The third-order valence-corrected chi connectivity index (χ3v) is 2.74. The van der Waals surface area contributed by atoms with Crippen LogP contribution >= 0.6 is 0 Å². The van der Waals surface area contributed by atoms with E-state index in [2.05, 4.69) is 63.3 Å². The maximum Gasteiger partial charge on any atom is 2.00 e. The fourth-order valence-corrected chi connectivity index (χ4v) is 1.39. The van der Waals surface area contributed by atoms with Gasteiger partial charge >= 0.3 is 17.1 Å². The Hall–Kier alpha value is -1.17. The molecule has 0 saturated heterocycles. The van der Waals surface area contributed by atoms with Crippen molar-refractivity contribution in [3.8, 4) is 5.92 Å². The second-order valence-electron chi connectivity index (χ2n) is 5.56. The maximum atomic E-state index is 6.69. The van der Waals surface area contributed by atoms with Crippen LogP contribution in [-0.4, -0.2) is 51.1 Å². The van der Waals surface area contributed by atoms with Crippen molar-refractivity contribution < 1.29 is 17.1 Å². The van der Waals surface area contributed by atoms with E-state index >= 15 is 0 Å². The van der Waals surface area contributed by atoms with E-state index in [9.17, 15) is 0 Å². The molecule has 0 fully saturated rings. The van der Waals surface area contributed by atoms with Gasteiger partial charge in [0.2, 0.25) is 0 Å². The molecule has 23 heavy (non-hydrogen) atoms. The van der Waals surface area contributed by atoms with Crippen LogP contribution in [0.5, 0.6) is 0 Å². The first-order valence-corrected chi connectivity index (χ1v) is 7.41. The van der Waals surface area contributed by atoms with E-state index in [-0.39, 0.29) is 17.1 Å². The summed E-state index contributed by atoms with van der Waals surface area (Å²) in [5, 5.41) is 0. The molecular weight excluding hydrogens is 323 g/mol. The molecule has 0 N–H and O–H groups in total. The van der Waals surface area contributed by atoms with Gasteiger partial charge in [-0.1, -0.05) is 31.0 Å². The first-order valence-electron chi connectivity index (χ1n) is 7.41. The Bertz CT molecular complexity index is 425. The smallest absolute Gasteiger partial charge is 0.366 e. The minimum Gasteiger partial charge on any atom is -0.366 e. The molecule has 0 saturated carbocycles. The molecule has 0 spiro atoms. The van der Waals surface area contributed by atoms with Crippen molar-refractivity contribution in [2.45, 2.75) is 6.92 Å². The van der Waals surface area contributed by atoms with Gasteiger partial charge in [0.15, 0.2) is 0 Å². The predicted molar refractivity (Wildman–Crippen MR) is 96.4 cm³/mol. The van der Waals surface area contributed by atoms with Crippen molar-refractivity contribution in [2.24, 2.45) is 0 Å². The zero-order valence-corrected chi connectivity index (χ0v) is 16.1. The molecule has 3 heteroatoms. The predicted octanol–water partition coefficient (Wildman–Crippen LogP) is 3.29. The summed E-state index contributed by atoms with van der Waals surface area (Å²) in [6.07, 6.45) is 14.9. The molecule has 1 aromatic rings. The molecule has 125 valence electrons. The van der Waals surface area contributed by atoms with Gasteiger partial charge in [-0.25, -0.2) is 18.6 Å². The van der Waals surface area contributed by atoms with Crippen LogP contribution < -0.4 is 0 Å². The summed E-state index contributed by atoms with van der Waals surface area (Å²) in [5.74, 6) is 3.62. The third-order valence-electron chi connectivity index (χ3n) is 2.74. The molecule has 0 unspecified atom stereocenters. The van der Waals surface area contributed by atoms with Crippen LogP contribution in [0.15, 0.2) is 42.5 Å². The van der Waals surface area contributed by atoms with Crippen molar-refractivity contribution in [1.82, 2.24) is 9.80 Å². The van der Waals surface area contributed by atoms with Gasteiger partial charge < -0.3 is 16.2 Å². The Labute approximate surface area is 154 Å². The average Bonchev–Trinajstić information content (AvgIpc) is 2.98. The molecule has 1 aliphatic rings. The van der Waals surface area contributed by atoms with Crippen molar-refractivity contribution in [2.75, 3.05) is 41.3 Å². The first kappa shape index (κ1) is 24.1. The number of benzene rings is 1. The van der Waals surface area contributed by atoms with Crippen molar-refractivity contribution in [3.63, 3.8) is 0 Å². The Kier molecular flexibility index (Phi) is 16.5. The molecule has 1 aliphatic carbocycles. The molecule has 0 aliphatic heterocycles. The zero-order valence-electron chi connectivity index (χ0n) is 14.9. The molecule has 1 aromatic carbocycles. The minimum absolute atomic E-state index is 0. The van der Waals surface area contributed by atoms with Gasteiger partial charge in [0.05, 0.1) is 0 Å². The number of rotatable bonds is 3. The first-order chi connectivity index (χ1) is 10.5. The van der Waals surface area contributed by atoms with E-state index in [1.165, 1.54) is 5.92 Å². The van der Waals surface area contributed by atoms with Gasteiger partial charge in [-0.2, -0.15) is 0 Å². The number of hydrogen-bond donors (Lipinski definition) is 0. The van der Waals surface area contributed by atoms with Gasteiger partial charge in [0.25, 0.3) is 0 Å². The number of nitrogens with zero attached hydrogens (tertiary/aromatic N) is 2. The SMILES string of the molecule is CN(C)CCN(C)C.C[C]1[CH][CH-]C=C1.[C-]#Cc1ccccc1.[Mn+2]. The van der Waals surface area contributed by atoms with E-state index in [0.717, 1.165) is 18.7 Å². The molecule has 0 aromatic heterocycles. The largest absolute Gasteiger partial charge is 2.00 e. The van der Waals surface area contributed by atoms with Crippen LogP contribution in [0, 0.1) is 31.1 Å². The van der Waals surface area contributed by atoms with Crippen LogP contribution in [0.4, 0.5) is 0 Å². The fourth-order valence-electron chi connectivity index (χ4n) is 1.39. The summed E-state index contributed by atoms with van der Waals surface area (Å²) in [6.45, 7) is 4.38. The second kappa shape index (κ2) is 15.7. The standard InChI is InChI=1S/C8H5.C6H16N2.C6H7.Mn/c1-2-8-6-4-3-5-7-8;1-7(2)5-6-8(3)4;1-6-4-2-3-5-6;/h3-7H;5-6H2,1-4H3;2-5H,1H3;/q-1;;-1;+2. The quantitative estimate of drug-likeness (QED) is 0.468. The molecule has 2 rings (SSSR count). The van der Waals surface area contributed by atoms with Crippen molar-refractivity contribution in [3.05, 3.63) is 73.2 Å². The van der Waals surface area contributed by atoms with Crippen molar-refractivity contribution in [1.29, 1.82) is 0 Å². The number of likely N-dealkylation sites (N-methyl/N-ethyl adjacent to an activating group) is 2. The average molecular weight is 351 g/mol. The molecule has 0 bridgehead atoms. The molecule has 0 amide bonds. The van der Waals surface area contributed by atoms with E-state index in [1.54, 1.807) is 0 Å². The van der Waals surface area contributed by atoms with Gasteiger partial charge in [-0.3, -0.25) is 5.92 Å². The van der Waals surface area contributed by atoms with Crippen LogP contribution in [0.1, 0.15) is 12.5 Å². The Morgan fingerprint density at radius 1 is 1.00 bits per heavy atom. The number of hydrogen-bond acceptors (Lipinski definition) is 2. The Morgan fingerprint density at radius 3 is 1.74 bits per heavy atom. The van der Waals surface area contributed by atoms with E-state index in [4.69, 9.17) is 6.42 Å². The topological polar surface area (TPSA) is 6.48 Å². The molecule has 2 nitrogen and oxygen atoms in total. The minimum atomic E-state index is 0. The number of allylic oxidation sites excluding steroid dienone is 2. The fraction of sp³-hybridized carbons (Fsp3) is 0.350. The molecule has 0 heterocycles. The summed E-state index contributed by atoms with van der Waals surface area (Å²) >= 11 is 0. The summed E-state index contributed by atoms with van der Waals surface area (Å²) in [5.41, 5.74) is 0.826. The third kappa shape index (κ3) is 17.0. The van der Waals surface area contributed by atoms with Crippen LogP contribution in [0.3, 0.4) is 0 Å². The zero-order chi connectivity index (χ0) is 16.8. The summed E-state index contributed by atoms with van der Waals surface area (Å²) in [7, 11) is 8.35.